The Kier molecular flexibility index (Phi) is 14.3. The zero-order valence-corrected chi connectivity index (χ0v) is 31.9. The van der Waals surface area contributed by atoms with Crippen molar-refractivity contribution in [1.29, 1.82) is 0 Å². The van der Waals surface area contributed by atoms with E-state index in [-0.39, 0.29) is 13.1 Å². The molecule has 53 heavy (non-hydrogen) atoms. The Morgan fingerprint density at radius 1 is 0.849 bits per heavy atom. The van der Waals surface area contributed by atoms with E-state index >= 15 is 0 Å². The van der Waals surface area contributed by atoms with E-state index in [0.29, 0.717) is 24.4 Å². The number of esters is 1. The SMILES string of the molecule is CCOC(OCC)[C@H](C)N(Cc1cccc2cccnc12)C(=O)[C@H](CC(=O)OC(C)(C)C)NC(=O)CN(C)NC(=O)N(C)c1cccc2ccccc12. The molecule has 0 bridgehead atoms. The quantitative estimate of drug-likeness (QED) is 0.0880. The van der Waals surface area contributed by atoms with Crippen LogP contribution in [0.1, 0.15) is 53.5 Å². The van der Waals surface area contributed by atoms with Crippen LogP contribution in [0.4, 0.5) is 10.5 Å². The number of carbonyl (C=O) groups excluding carboxylic acids is 4. The van der Waals surface area contributed by atoms with Crippen molar-refractivity contribution in [1.82, 2.24) is 25.6 Å². The number of amides is 4. The summed E-state index contributed by atoms with van der Waals surface area (Å²) in [6.45, 7) is 11.1. The first kappa shape index (κ1) is 40.7. The number of nitrogens with zero attached hydrogens (tertiary/aromatic N) is 4. The smallest absolute Gasteiger partial charge is 0.336 e. The van der Waals surface area contributed by atoms with E-state index in [2.05, 4.69) is 15.7 Å². The number of likely N-dealkylation sites (N-methyl/N-ethyl adjacent to an activating group) is 1. The Bertz CT molecular complexity index is 1860. The molecule has 284 valence electrons. The fraction of sp³-hybridized carbons (Fsp3) is 0.425. The molecule has 1 heterocycles. The molecule has 13 nitrogen and oxygen atoms in total. The number of rotatable bonds is 16. The highest BCUT2D eigenvalue weighted by Crippen LogP contribution is 2.26. The largest absolute Gasteiger partial charge is 0.460 e. The Labute approximate surface area is 311 Å². The van der Waals surface area contributed by atoms with Gasteiger partial charge in [0.15, 0.2) is 6.29 Å². The van der Waals surface area contributed by atoms with Crippen LogP contribution in [-0.4, -0.2) is 96.5 Å². The van der Waals surface area contributed by atoms with E-state index in [1.165, 1.54) is 17.0 Å². The number of nitrogens with one attached hydrogen (secondary N) is 2. The van der Waals surface area contributed by atoms with E-state index in [1.54, 1.807) is 45.8 Å². The van der Waals surface area contributed by atoms with Crippen LogP contribution < -0.4 is 15.6 Å². The lowest BCUT2D eigenvalue weighted by Crippen LogP contribution is -2.57. The van der Waals surface area contributed by atoms with Crippen molar-refractivity contribution in [3.63, 3.8) is 0 Å². The van der Waals surface area contributed by atoms with Gasteiger partial charge in [-0.05, 0) is 64.6 Å². The van der Waals surface area contributed by atoms with Gasteiger partial charge in [-0.1, -0.05) is 60.7 Å². The highest BCUT2D eigenvalue weighted by Gasteiger charge is 2.36. The molecule has 0 saturated carbocycles. The summed E-state index contributed by atoms with van der Waals surface area (Å²) in [5.41, 5.74) is 4.05. The molecule has 0 spiro atoms. The van der Waals surface area contributed by atoms with Crippen molar-refractivity contribution < 1.29 is 33.4 Å². The van der Waals surface area contributed by atoms with Gasteiger partial charge in [0.1, 0.15) is 11.6 Å². The number of carbonyl (C=O) groups is 4. The maximum absolute atomic E-state index is 14.7. The number of fused-ring (bicyclic) bond motifs is 2. The van der Waals surface area contributed by atoms with Crippen molar-refractivity contribution in [2.24, 2.45) is 0 Å². The van der Waals surface area contributed by atoms with E-state index in [1.807, 2.05) is 86.6 Å². The minimum Gasteiger partial charge on any atom is -0.460 e. The highest BCUT2D eigenvalue weighted by atomic mass is 16.7. The summed E-state index contributed by atoms with van der Waals surface area (Å²) in [7, 11) is 3.18. The molecule has 13 heteroatoms. The third-order valence-corrected chi connectivity index (χ3v) is 8.41. The van der Waals surface area contributed by atoms with Gasteiger partial charge < -0.3 is 24.4 Å². The molecule has 0 aliphatic carbocycles. The summed E-state index contributed by atoms with van der Waals surface area (Å²) < 4.78 is 17.4. The first-order valence-corrected chi connectivity index (χ1v) is 17.8. The van der Waals surface area contributed by atoms with Crippen molar-refractivity contribution >= 4 is 51.2 Å². The minimum atomic E-state index is -1.32. The van der Waals surface area contributed by atoms with Gasteiger partial charge in [0.05, 0.1) is 30.2 Å². The van der Waals surface area contributed by atoms with Crippen molar-refractivity contribution in [2.75, 3.05) is 38.8 Å². The lowest BCUT2D eigenvalue weighted by atomic mass is 10.1. The molecular weight excluding hydrogens is 676 g/mol. The summed E-state index contributed by atoms with van der Waals surface area (Å²) in [6.07, 6.45) is 0.451. The number of hydrogen-bond donors (Lipinski definition) is 2. The molecule has 1 aromatic heterocycles. The molecule has 0 unspecified atom stereocenters. The molecule has 0 radical (unpaired) electrons. The second-order valence-electron chi connectivity index (χ2n) is 13.7. The van der Waals surface area contributed by atoms with Crippen molar-refractivity contribution in [2.45, 2.75) is 78.5 Å². The van der Waals surface area contributed by atoms with Crippen LogP contribution in [0, 0.1) is 0 Å². The van der Waals surface area contributed by atoms with Crippen LogP contribution in [0.3, 0.4) is 0 Å². The highest BCUT2D eigenvalue weighted by molar-refractivity contribution is 6.02. The van der Waals surface area contributed by atoms with Gasteiger partial charge in [0, 0.05) is 50.8 Å². The van der Waals surface area contributed by atoms with Gasteiger partial charge in [0.25, 0.3) is 0 Å². The van der Waals surface area contributed by atoms with Crippen LogP contribution in [0.25, 0.3) is 21.7 Å². The topological polar surface area (TPSA) is 143 Å². The van der Waals surface area contributed by atoms with Crippen LogP contribution in [0.2, 0.25) is 0 Å². The van der Waals surface area contributed by atoms with Gasteiger partial charge in [-0.2, -0.15) is 0 Å². The van der Waals surface area contributed by atoms with E-state index in [4.69, 9.17) is 14.2 Å². The zero-order chi connectivity index (χ0) is 38.7. The molecule has 3 aromatic carbocycles. The molecule has 4 rings (SSSR count). The number of ether oxygens (including phenoxy) is 3. The van der Waals surface area contributed by atoms with Gasteiger partial charge in [-0.15, -0.1) is 0 Å². The molecule has 2 N–H and O–H groups in total. The van der Waals surface area contributed by atoms with Gasteiger partial charge >= 0.3 is 12.0 Å². The number of hydrogen-bond acceptors (Lipinski definition) is 9. The number of anilines is 1. The first-order valence-electron chi connectivity index (χ1n) is 17.8. The van der Waals surface area contributed by atoms with E-state index in [9.17, 15) is 19.2 Å². The number of benzene rings is 3. The number of aromatic nitrogens is 1. The molecule has 0 aliphatic heterocycles. The van der Waals surface area contributed by atoms with Crippen LogP contribution >= 0.6 is 0 Å². The Morgan fingerprint density at radius 3 is 2.19 bits per heavy atom. The maximum Gasteiger partial charge on any atom is 0.336 e. The van der Waals surface area contributed by atoms with Gasteiger partial charge in [0.2, 0.25) is 11.8 Å². The van der Waals surface area contributed by atoms with Crippen LogP contribution in [0.15, 0.2) is 79.0 Å². The predicted molar refractivity (Wildman–Crippen MR) is 205 cm³/mol. The zero-order valence-electron chi connectivity index (χ0n) is 31.9. The average molecular weight is 729 g/mol. The Hall–Kier alpha value is -5.11. The summed E-state index contributed by atoms with van der Waals surface area (Å²) in [6, 6.07) is 20.4. The predicted octanol–water partition coefficient (Wildman–Crippen LogP) is 5.41. The fourth-order valence-electron chi connectivity index (χ4n) is 6.00. The number of hydrazine groups is 1. The Morgan fingerprint density at radius 2 is 1.49 bits per heavy atom. The fourth-order valence-corrected chi connectivity index (χ4v) is 6.00. The van der Waals surface area contributed by atoms with Crippen molar-refractivity contribution in [3.8, 4) is 0 Å². The maximum atomic E-state index is 14.7. The normalized spacial score (nSPS) is 12.8. The molecular formula is C40H52N6O7. The standard InChI is InChI=1S/C40H52N6O7/c1-9-51-38(52-10-2)27(3)46(25-30-19-13-18-29-20-15-23-41-36(29)30)37(49)32(24-35(48)53-40(4,5)6)42-34(47)26-44(7)43-39(50)45(8)33-22-14-17-28-16-11-12-21-31(28)33/h11-23,27,32,38H,9-10,24-26H2,1-8H3,(H,42,47)(H,43,50)/t27-,32-/m0/s1. The number of para-hydroxylation sites is 1. The van der Waals surface area contributed by atoms with Crippen molar-refractivity contribution in [3.05, 3.63) is 84.6 Å². The van der Waals surface area contributed by atoms with Crippen LogP contribution in [0.5, 0.6) is 0 Å². The number of urea groups is 1. The van der Waals surface area contributed by atoms with E-state index < -0.39 is 54.2 Å². The monoisotopic (exact) mass is 728 g/mol. The minimum absolute atomic E-state index is 0.0855. The molecule has 0 saturated heterocycles. The van der Waals surface area contributed by atoms with Crippen LogP contribution in [-0.2, 0) is 35.1 Å². The summed E-state index contributed by atoms with van der Waals surface area (Å²) in [5, 5.41) is 6.83. The average Bonchev–Trinajstić information content (AvgIpc) is 3.11. The summed E-state index contributed by atoms with van der Waals surface area (Å²) in [5.74, 6) is -1.82. The first-order chi connectivity index (χ1) is 25.2. The van der Waals surface area contributed by atoms with Gasteiger partial charge in [-0.25, -0.2) is 9.80 Å². The lowest BCUT2D eigenvalue weighted by molar-refractivity contribution is -0.180. The van der Waals surface area contributed by atoms with E-state index in [0.717, 1.165) is 21.7 Å². The summed E-state index contributed by atoms with van der Waals surface area (Å²) >= 11 is 0. The molecule has 0 fully saturated rings. The van der Waals surface area contributed by atoms with Gasteiger partial charge in [-0.3, -0.25) is 29.7 Å². The second-order valence-corrected chi connectivity index (χ2v) is 13.7. The molecule has 2 atom stereocenters. The lowest BCUT2D eigenvalue weighted by Gasteiger charge is -2.36. The molecule has 4 aromatic rings. The second kappa shape index (κ2) is 18.6. The molecule has 4 amide bonds. The summed E-state index contributed by atoms with van der Waals surface area (Å²) in [4.78, 5) is 62.3. The molecule has 0 aliphatic rings. The number of pyridine rings is 1. The Balaban J connectivity index is 1.58. The third-order valence-electron chi connectivity index (χ3n) is 8.41. The third kappa shape index (κ3) is 11.2.